The van der Waals surface area contributed by atoms with Gasteiger partial charge in [0.2, 0.25) is 5.89 Å². The predicted octanol–water partition coefficient (Wildman–Crippen LogP) is 3.02. The van der Waals surface area contributed by atoms with Gasteiger partial charge < -0.3 is 15.2 Å². The van der Waals surface area contributed by atoms with Crippen LogP contribution in [0.5, 0.6) is 0 Å². The van der Waals surface area contributed by atoms with E-state index in [1.54, 1.807) is 6.92 Å². The van der Waals surface area contributed by atoms with E-state index in [2.05, 4.69) is 39.6 Å². The molecule has 1 aromatic heterocycles. The lowest BCUT2D eigenvalue weighted by Gasteiger charge is -2.28. The topological polar surface area (TPSA) is 75.3 Å². The van der Waals surface area contributed by atoms with Gasteiger partial charge >= 0.3 is 0 Å². The fourth-order valence-electron chi connectivity index (χ4n) is 2.95. The normalized spacial score (nSPS) is 17.1. The highest BCUT2D eigenvalue weighted by Gasteiger charge is 2.31. The molecule has 6 nitrogen and oxygen atoms in total. The largest absolute Gasteiger partial charge is 0.357 e. The van der Waals surface area contributed by atoms with Crippen LogP contribution in [0, 0.1) is 12.3 Å². The van der Waals surface area contributed by atoms with Gasteiger partial charge in [-0.25, -0.2) is 4.99 Å². The Kier molecular flexibility index (Phi) is 8.13. The zero-order chi connectivity index (χ0) is 15.1. The van der Waals surface area contributed by atoms with Gasteiger partial charge in [0.15, 0.2) is 11.8 Å². The zero-order valence-electron chi connectivity index (χ0n) is 13.8. The van der Waals surface area contributed by atoms with E-state index in [4.69, 9.17) is 4.52 Å². The summed E-state index contributed by atoms with van der Waals surface area (Å²) in [5.41, 5.74) is 0.443. The second-order valence-electron chi connectivity index (χ2n) is 5.84. The maximum absolute atomic E-state index is 4.96. The molecule has 0 saturated heterocycles. The van der Waals surface area contributed by atoms with Crippen molar-refractivity contribution in [3.63, 3.8) is 0 Å². The number of hydrogen-bond acceptors (Lipinski definition) is 4. The van der Waals surface area contributed by atoms with Crippen LogP contribution >= 0.6 is 24.0 Å². The van der Waals surface area contributed by atoms with Gasteiger partial charge in [0.1, 0.15) is 6.54 Å². The number of halogens is 1. The average Bonchev–Trinajstić information content (AvgIpc) is 3.12. The first-order chi connectivity index (χ1) is 10.2. The molecule has 1 aromatic rings. The number of aliphatic imine (C=N–C) groups is 1. The monoisotopic (exact) mass is 421 g/mol. The molecule has 0 bridgehead atoms. The first-order valence-corrected chi connectivity index (χ1v) is 7.99. The van der Waals surface area contributed by atoms with Gasteiger partial charge in [-0.3, -0.25) is 0 Å². The number of nitrogens with zero attached hydrogens (tertiary/aromatic N) is 3. The minimum absolute atomic E-state index is 0. The Labute approximate surface area is 149 Å². The van der Waals surface area contributed by atoms with Crippen LogP contribution in [-0.4, -0.2) is 29.2 Å². The van der Waals surface area contributed by atoms with Crippen molar-refractivity contribution < 1.29 is 4.52 Å². The second kappa shape index (κ2) is 9.32. The summed E-state index contributed by atoms with van der Waals surface area (Å²) in [6.07, 6.45) is 6.57. The summed E-state index contributed by atoms with van der Waals surface area (Å²) in [4.78, 5) is 8.70. The van der Waals surface area contributed by atoms with Crippen LogP contribution in [0.25, 0.3) is 0 Å². The average molecular weight is 421 g/mol. The van der Waals surface area contributed by atoms with E-state index >= 15 is 0 Å². The van der Waals surface area contributed by atoms with Crippen molar-refractivity contribution in [2.75, 3.05) is 13.1 Å². The van der Waals surface area contributed by atoms with E-state index in [1.807, 2.05) is 0 Å². The maximum atomic E-state index is 4.96. The zero-order valence-corrected chi connectivity index (χ0v) is 16.1. The van der Waals surface area contributed by atoms with Gasteiger partial charge in [0.05, 0.1) is 0 Å². The van der Waals surface area contributed by atoms with Crippen LogP contribution in [0.1, 0.15) is 57.7 Å². The minimum Gasteiger partial charge on any atom is -0.357 e. The quantitative estimate of drug-likeness (QED) is 0.420. The lowest BCUT2D eigenvalue weighted by atomic mass is 9.83. The van der Waals surface area contributed by atoms with Crippen molar-refractivity contribution in [2.45, 2.75) is 59.4 Å². The van der Waals surface area contributed by atoms with Gasteiger partial charge in [-0.15, -0.1) is 24.0 Å². The third kappa shape index (κ3) is 5.40. The molecule has 0 aliphatic heterocycles. The molecule has 2 rings (SSSR count). The molecule has 126 valence electrons. The molecule has 1 fully saturated rings. The summed E-state index contributed by atoms with van der Waals surface area (Å²) >= 11 is 0. The fraction of sp³-hybridized carbons (Fsp3) is 0.800. The number of aryl methyl sites for hydroxylation is 1. The smallest absolute Gasteiger partial charge is 0.223 e. The Morgan fingerprint density at radius 2 is 2.00 bits per heavy atom. The highest BCUT2D eigenvalue weighted by atomic mass is 127. The molecule has 1 aliphatic rings. The molecule has 2 N–H and O–H groups in total. The Balaban J connectivity index is 0.00000242. The molecule has 1 heterocycles. The number of hydrogen-bond donors (Lipinski definition) is 2. The van der Waals surface area contributed by atoms with Crippen molar-refractivity contribution in [1.82, 2.24) is 20.8 Å². The second-order valence-corrected chi connectivity index (χ2v) is 5.84. The van der Waals surface area contributed by atoms with Crippen molar-refractivity contribution >= 4 is 29.9 Å². The van der Waals surface area contributed by atoms with Gasteiger partial charge in [-0.05, 0) is 31.6 Å². The van der Waals surface area contributed by atoms with Crippen molar-refractivity contribution in [2.24, 2.45) is 10.4 Å². The van der Waals surface area contributed by atoms with Crippen molar-refractivity contribution in [3.8, 4) is 0 Å². The summed E-state index contributed by atoms with van der Waals surface area (Å²) in [6.45, 7) is 8.41. The summed E-state index contributed by atoms with van der Waals surface area (Å²) in [6, 6.07) is 0. The first-order valence-electron chi connectivity index (χ1n) is 7.99. The van der Waals surface area contributed by atoms with Crippen molar-refractivity contribution in [3.05, 3.63) is 11.7 Å². The molecular formula is C15H28IN5O. The van der Waals surface area contributed by atoms with E-state index in [0.717, 1.165) is 19.0 Å². The summed E-state index contributed by atoms with van der Waals surface area (Å²) in [5, 5.41) is 10.6. The van der Waals surface area contributed by atoms with Crippen molar-refractivity contribution in [1.29, 1.82) is 0 Å². The molecule has 22 heavy (non-hydrogen) atoms. The van der Waals surface area contributed by atoms with Crippen LogP contribution in [0.15, 0.2) is 9.52 Å². The molecule has 1 saturated carbocycles. The van der Waals surface area contributed by atoms with Gasteiger partial charge in [-0.1, -0.05) is 24.9 Å². The fourth-order valence-corrected chi connectivity index (χ4v) is 2.95. The molecule has 0 spiro atoms. The van der Waals surface area contributed by atoms with Crippen LogP contribution in [0.4, 0.5) is 0 Å². The van der Waals surface area contributed by atoms with E-state index in [9.17, 15) is 0 Å². The lowest BCUT2D eigenvalue weighted by Crippen LogP contribution is -2.42. The van der Waals surface area contributed by atoms with E-state index in [0.29, 0.717) is 23.7 Å². The summed E-state index contributed by atoms with van der Waals surface area (Å²) in [5.74, 6) is 2.03. The first kappa shape index (κ1) is 19.2. The number of guanidine groups is 1. The summed E-state index contributed by atoms with van der Waals surface area (Å²) in [7, 11) is 0. The SMILES string of the molecule is CCNC(=NCc1noc(C)n1)NCC1(CC)CCCC1.I. The summed E-state index contributed by atoms with van der Waals surface area (Å²) < 4.78 is 4.96. The molecule has 0 aromatic carbocycles. The lowest BCUT2D eigenvalue weighted by molar-refractivity contribution is 0.283. The molecule has 1 aliphatic carbocycles. The Hall–Kier alpha value is -0.860. The third-order valence-electron chi connectivity index (χ3n) is 4.34. The van der Waals surface area contributed by atoms with E-state index in [1.165, 1.54) is 32.1 Å². The standard InChI is InChI=1S/C15H27N5O.HI/c1-4-15(8-6-7-9-15)11-18-14(16-5-2)17-10-13-19-12(3)21-20-13;/h4-11H2,1-3H3,(H2,16,17,18);1H. The number of rotatable bonds is 6. The molecule has 0 unspecified atom stereocenters. The van der Waals surface area contributed by atoms with Crippen LogP contribution < -0.4 is 10.6 Å². The van der Waals surface area contributed by atoms with Gasteiger partial charge in [-0.2, -0.15) is 4.98 Å². The third-order valence-corrected chi connectivity index (χ3v) is 4.34. The van der Waals surface area contributed by atoms with Crippen LogP contribution in [0.3, 0.4) is 0 Å². The maximum Gasteiger partial charge on any atom is 0.223 e. The van der Waals surface area contributed by atoms with E-state index < -0.39 is 0 Å². The molecule has 7 heteroatoms. The van der Waals surface area contributed by atoms with E-state index in [-0.39, 0.29) is 24.0 Å². The molecular weight excluding hydrogens is 393 g/mol. The Morgan fingerprint density at radius 3 is 2.55 bits per heavy atom. The Bertz CT molecular complexity index is 468. The highest BCUT2D eigenvalue weighted by Crippen LogP contribution is 2.40. The van der Waals surface area contributed by atoms with Gasteiger partial charge in [0, 0.05) is 20.0 Å². The predicted molar refractivity (Wildman–Crippen MR) is 98.5 cm³/mol. The molecule has 0 atom stereocenters. The highest BCUT2D eigenvalue weighted by molar-refractivity contribution is 14.0. The molecule has 0 radical (unpaired) electrons. The molecule has 0 amide bonds. The number of nitrogens with one attached hydrogen (secondary N) is 2. The Morgan fingerprint density at radius 1 is 1.27 bits per heavy atom. The van der Waals surface area contributed by atoms with Gasteiger partial charge in [0.25, 0.3) is 0 Å². The van der Waals surface area contributed by atoms with Crippen LogP contribution in [0.2, 0.25) is 0 Å². The van der Waals surface area contributed by atoms with Crippen LogP contribution in [-0.2, 0) is 6.54 Å². The number of aromatic nitrogens is 2. The minimum atomic E-state index is 0.